The average molecular weight is 347 g/mol. The van der Waals surface area contributed by atoms with Crippen LogP contribution in [0.25, 0.3) is 0 Å². The van der Waals surface area contributed by atoms with Crippen LogP contribution in [0.4, 0.5) is 0 Å². The van der Waals surface area contributed by atoms with Gasteiger partial charge < -0.3 is 10.1 Å². The Hall–Kier alpha value is -1.11. The number of amides is 1. The number of benzene rings is 1. The third kappa shape index (κ3) is 5.16. The lowest BCUT2D eigenvalue weighted by molar-refractivity contribution is -0.142. The van der Waals surface area contributed by atoms with E-state index in [9.17, 15) is 9.59 Å². The molecule has 0 aliphatic carbocycles. The van der Waals surface area contributed by atoms with Gasteiger partial charge in [0.25, 0.3) is 5.91 Å². The van der Waals surface area contributed by atoms with Gasteiger partial charge in [-0.3, -0.25) is 9.59 Å². The largest absolute Gasteiger partial charge is 0.466 e. The van der Waals surface area contributed by atoms with Crippen molar-refractivity contribution in [3.05, 3.63) is 33.4 Å². The van der Waals surface area contributed by atoms with Gasteiger partial charge in [-0.1, -0.05) is 6.07 Å². The van der Waals surface area contributed by atoms with Crippen LogP contribution >= 0.6 is 22.6 Å². The van der Waals surface area contributed by atoms with E-state index >= 15 is 0 Å². The van der Waals surface area contributed by atoms with E-state index in [2.05, 4.69) is 27.9 Å². The molecule has 4 nitrogen and oxygen atoms in total. The molecule has 0 saturated carbocycles. The van der Waals surface area contributed by atoms with E-state index in [1.54, 1.807) is 19.1 Å². The van der Waals surface area contributed by atoms with Gasteiger partial charge in [0.05, 0.1) is 13.0 Å². The molecule has 0 atom stereocenters. The topological polar surface area (TPSA) is 55.4 Å². The molecule has 5 heteroatoms. The monoisotopic (exact) mass is 347 g/mol. The number of halogens is 1. The van der Waals surface area contributed by atoms with Crippen molar-refractivity contribution in [2.45, 2.75) is 13.3 Å². The van der Waals surface area contributed by atoms with E-state index in [0.717, 1.165) is 3.57 Å². The second-order valence-corrected chi connectivity index (χ2v) is 4.57. The number of hydrogen-bond donors (Lipinski definition) is 1. The highest BCUT2D eigenvalue weighted by Gasteiger charge is 2.06. The maximum Gasteiger partial charge on any atom is 0.307 e. The molecule has 0 aromatic heterocycles. The van der Waals surface area contributed by atoms with Crippen LogP contribution in [0.15, 0.2) is 24.3 Å². The first-order chi connectivity index (χ1) is 8.13. The van der Waals surface area contributed by atoms with Gasteiger partial charge in [-0.25, -0.2) is 0 Å². The van der Waals surface area contributed by atoms with Crippen LogP contribution in [0.5, 0.6) is 0 Å². The SMILES string of the molecule is CCOC(=O)CCNC(=O)c1cccc(I)c1. The van der Waals surface area contributed by atoms with E-state index in [-0.39, 0.29) is 18.3 Å². The Morgan fingerprint density at radius 1 is 1.41 bits per heavy atom. The predicted octanol–water partition coefficient (Wildman–Crippen LogP) is 1.97. The molecule has 92 valence electrons. The van der Waals surface area contributed by atoms with Crippen molar-refractivity contribution in [1.82, 2.24) is 5.32 Å². The van der Waals surface area contributed by atoms with Crippen LogP contribution in [0.2, 0.25) is 0 Å². The summed E-state index contributed by atoms with van der Waals surface area (Å²) in [4.78, 5) is 22.7. The van der Waals surface area contributed by atoms with E-state index in [0.29, 0.717) is 18.7 Å². The van der Waals surface area contributed by atoms with Gasteiger partial charge in [0.2, 0.25) is 0 Å². The molecular formula is C12H14INO3. The second-order valence-electron chi connectivity index (χ2n) is 3.32. The van der Waals surface area contributed by atoms with Crippen molar-refractivity contribution in [3.63, 3.8) is 0 Å². The van der Waals surface area contributed by atoms with Gasteiger partial charge in [-0.05, 0) is 47.7 Å². The fourth-order valence-corrected chi connectivity index (χ4v) is 1.79. The average Bonchev–Trinajstić information content (AvgIpc) is 2.29. The van der Waals surface area contributed by atoms with Crippen molar-refractivity contribution in [2.24, 2.45) is 0 Å². The maximum absolute atomic E-state index is 11.7. The van der Waals surface area contributed by atoms with Crippen LogP contribution in [-0.4, -0.2) is 25.0 Å². The summed E-state index contributed by atoms with van der Waals surface area (Å²) in [5, 5.41) is 2.67. The minimum absolute atomic E-state index is 0.173. The lowest BCUT2D eigenvalue weighted by atomic mass is 10.2. The molecule has 0 fully saturated rings. The molecule has 1 amide bonds. The number of carbonyl (C=O) groups is 2. The summed E-state index contributed by atoms with van der Waals surface area (Å²) in [5.74, 6) is -0.469. The van der Waals surface area contributed by atoms with Crippen LogP contribution in [0.3, 0.4) is 0 Å². The standard InChI is InChI=1S/C12H14INO3/c1-2-17-11(15)6-7-14-12(16)9-4-3-5-10(13)8-9/h3-5,8H,2,6-7H2,1H3,(H,14,16). The zero-order valence-electron chi connectivity index (χ0n) is 9.53. The molecule has 0 spiro atoms. The van der Waals surface area contributed by atoms with Crippen LogP contribution in [0.1, 0.15) is 23.7 Å². The van der Waals surface area contributed by atoms with Crippen molar-refractivity contribution < 1.29 is 14.3 Å². The Balaban J connectivity index is 2.38. The van der Waals surface area contributed by atoms with Gasteiger partial charge in [0, 0.05) is 15.7 Å². The molecular weight excluding hydrogens is 333 g/mol. The number of rotatable bonds is 5. The summed E-state index contributed by atoms with van der Waals surface area (Å²) < 4.78 is 5.76. The van der Waals surface area contributed by atoms with Gasteiger partial charge >= 0.3 is 5.97 Å². The van der Waals surface area contributed by atoms with E-state index in [1.807, 2.05) is 12.1 Å². The van der Waals surface area contributed by atoms with E-state index < -0.39 is 0 Å². The highest BCUT2D eigenvalue weighted by molar-refractivity contribution is 14.1. The fourth-order valence-electron chi connectivity index (χ4n) is 1.24. The number of carbonyl (C=O) groups excluding carboxylic acids is 2. The van der Waals surface area contributed by atoms with Crippen molar-refractivity contribution in [2.75, 3.05) is 13.2 Å². The Bertz CT molecular complexity index is 406. The van der Waals surface area contributed by atoms with Gasteiger partial charge in [0.15, 0.2) is 0 Å². The number of hydrogen-bond acceptors (Lipinski definition) is 3. The molecule has 0 aliphatic heterocycles. The molecule has 1 aromatic rings. The van der Waals surface area contributed by atoms with Crippen LogP contribution < -0.4 is 5.32 Å². The summed E-state index contributed by atoms with van der Waals surface area (Å²) in [7, 11) is 0. The molecule has 1 aromatic carbocycles. The number of ether oxygens (including phenoxy) is 1. The molecule has 0 saturated heterocycles. The predicted molar refractivity (Wildman–Crippen MR) is 72.7 cm³/mol. The second kappa shape index (κ2) is 7.26. The number of nitrogens with one attached hydrogen (secondary N) is 1. The molecule has 0 heterocycles. The van der Waals surface area contributed by atoms with Crippen molar-refractivity contribution >= 4 is 34.5 Å². The van der Waals surface area contributed by atoms with E-state index in [1.165, 1.54) is 0 Å². The minimum Gasteiger partial charge on any atom is -0.466 e. The lowest BCUT2D eigenvalue weighted by Crippen LogP contribution is -2.26. The number of esters is 1. The first-order valence-corrected chi connectivity index (χ1v) is 6.40. The molecule has 0 radical (unpaired) electrons. The molecule has 0 bridgehead atoms. The molecule has 0 unspecified atom stereocenters. The zero-order valence-corrected chi connectivity index (χ0v) is 11.7. The van der Waals surface area contributed by atoms with Crippen molar-refractivity contribution in [3.8, 4) is 0 Å². The third-order valence-corrected chi connectivity index (χ3v) is 2.68. The smallest absolute Gasteiger partial charge is 0.307 e. The maximum atomic E-state index is 11.7. The Morgan fingerprint density at radius 2 is 2.18 bits per heavy atom. The molecule has 1 N–H and O–H groups in total. The summed E-state index contributed by atoms with van der Waals surface area (Å²) in [5.41, 5.74) is 0.598. The van der Waals surface area contributed by atoms with Gasteiger partial charge in [0.1, 0.15) is 0 Å². The van der Waals surface area contributed by atoms with Gasteiger partial charge in [-0.15, -0.1) is 0 Å². The summed E-state index contributed by atoms with van der Waals surface area (Å²) >= 11 is 2.14. The summed E-state index contributed by atoms with van der Waals surface area (Å²) in [6, 6.07) is 7.26. The molecule has 17 heavy (non-hydrogen) atoms. The van der Waals surface area contributed by atoms with Gasteiger partial charge in [-0.2, -0.15) is 0 Å². The normalized spacial score (nSPS) is 9.76. The quantitative estimate of drug-likeness (QED) is 0.655. The minimum atomic E-state index is -0.296. The zero-order chi connectivity index (χ0) is 12.7. The highest BCUT2D eigenvalue weighted by atomic mass is 127. The third-order valence-electron chi connectivity index (χ3n) is 2.01. The lowest BCUT2D eigenvalue weighted by Gasteiger charge is -2.05. The Labute approximate surface area is 114 Å². The Kier molecular flexibility index (Phi) is 5.96. The van der Waals surface area contributed by atoms with Crippen LogP contribution in [0, 0.1) is 3.57 Å². The van der Waals surface area contributed by atoms with Crippen LogP contribution in [-0.2, 0) is 9.53 Å². The molecule has 0 aliphatic rings. The fraction of sp³-hybridized carbons (Fsp3) is 0.333. The first-order valence-electron chi connectivity index (χ1n) is 5.33. The van der Waals surface area contributed by atoms with Crippen molar-refractivity contribution in [1.29, 1.82) is 0 Å². The summed E-state index contributed by atoms with van der Waals surface area (Å²) in [6.45, 7) is 2.41. The highest BCUT2D eigenvalue weighted by Crippen LogP contribution is 2.07. The Morgan fingerprint density at radius 3 is 2.82 bits per heavy atom. The van der Waals surface area contributed by atoms with E-state index in [4.69, 9.17) is 4.74 Å². The first kappa shape index (κ1) is 14.0. The molecule has 1 rings (SSSR count). The summed E-state index contributed by atoms with van der Waals surface area (Å²) in [6.07, 6.45) is 0.198.